The molecule has 0 atom stereocenters. The summed E-state index contributed by atoms with van der Waals surface area (Å²) in [7, 11) is 5.14. The number of aryl methyl sites for hydroxylation is 2. The zero-order valence-corrected chi connectivity index (χ0v) is 19.6. The first kappa shape index (κ1) is 21.9. The van der Waals surface area contributed by atoms with E-state index in [0.29, 0.717) is 0 Å². The quantitative estimate of drug-likeness (QED) is 0.526. The molecule has 1 fully saturated rings. The van der Waals surface area contributed by atoms with E-state index in [0.717, 1.165) is 43.4 Å². The van der Waals surface area contributed by atoms with Gasteiger partial charge in [0, 0.05) is 43.1 Å². The van der Waals surface area contributed by atoms with E-state index in [2.05, 4.69) is 66.1 Å². The Morgan fingerprint density at radius 1 is 0.594 bits per heavy atom. The van der Waals surface area contributed by atoms with Crippen molar-refractivity contribution in [2.24, 2.45) is 0 Å². The number of methoxy groups -OCH3 is 3. The van der Waals surface area contributed by atoms with E-state index in [9.17, 15) is 0 Å². The molecule has 0 unspecified atom stereocenters. The molecular formula is C27H32N2O3. The second-order valence-corrected chi connectivity index (χ2v) is 8.19. The largest absolute Gasteiger partial charge is 0.497 e. The molecule has 0 bridgehead atoms. The van der Waals surface area contributed by atoms with Crippen LogP contribution in [0.15, 0.2) is 54.6 Å². The van der Waals surface area contributed by atoms with Crippen molar-refractivity contribution in [3.8, 4) is 28.4 Å². The molecule has 5 nitrogen and oxygen atoms in total. The van der Waals surface area contributed by atoms with Crippen LogP contribution in [-0.4, -0.2) is 47.5 Å². The van der Waals surface area contributed by atoms with Gasteiger partial charge < -0.3 is 24.0 Å². The van der Waals surface area contributed by atoms with Gasteiger partial charge in [-0.2, -0.15) is 0 Å². The molecular weight excluding hydrogens is 400 g/mol. The van der Waals surface area contributed by atoms with Gasteiger partial charge in [0.1, 0.15) is 17.2 Å². The highest BCUT2D eigenvalue weighted by atomic mass is 16.5. The predicted molar refractivity (Wildman–Crippen MR) is 132 cm³/mol. The van der Waals surface area contributed by atoms with Crippen LogP contribution in [0.4, 0.5) is 11.4 Å². The molecule has 0 spiro atoms. The van der Waals surface area contributed by atoms with Crippen LogP contribution in [0.5, 0.6) is 17.2 Å². The minimum absolute atomic E-state index is 0.871. The van der Waals surface area contributed by atoms with Gasteiger partial charge in [-0.3, -0.25) is 0 Å². The molecule has 1 heterocycles. The van der Waals surface area contributed by atoms with Crippen molar-refractivity contribution in [3.63, 3.8) is 0 Å². The van der Waals surface area contributed by atoms with Gasteiger partial charge in [0.25, 0.3) is 0 Å². The average Bonchev–Trinajstić information content (AvgIpc) is 2.83. The monoisotopic (exact) mass is 432 g/mol. The number of nitrogens with zero attached hydrogens (tertiary/aromatic N) is 2. The molecule has 4 rings (SSSR count). The maximum absolute atomic E-state index is 5.58. The lowest BCUT2D eigenvalue weighted by atomic mass is 9.93. The highest BCUT2D eigenvalue weighted by molar-refractivity contribution is 5.84. The van der Waals surface area contributed by atoms with Crippen LogP contribution >= 0.6 is 0 Å². The topological polar surface area (TPSA) is 34.2 Å². The van der Waals surface area contributed by atoms with Crippen molar-refractivity contribution >= 4 is 11.4 Å². The van der Waals surface area contributed by atoms with E-state index in [1.165, 1.54) is 33.6 Å². The minimum atomic E-state index is 0.871. The van der Waals surface area contributed by atoms with Gasteiger partial charge in [-0.05, 0) is 85.1 Å². The van der Waals surface area contributed by atoms with Gasteiger partial charge in [-0.1, -0.05) is 0 Å². The second-order valence-electron chi connectivity index (χ2n) is 8.19. The van der Waals surface area contributed by atoms with Crippen molar-refractivity contribution in [3.05, 3.63) is 65.7 Å². The standard InChI is InChI=1S/C27H32N2O3/c1-19-16-24(32-5)17-20(2)27(19)25-18-23(31-4)10-11-26(25)29-14-12-28(13-15-29)21-6-8-22(30-3)9-7-21/h6-11,16-18H,12-15H2,1-5H3. The summed E-state index contributed by atoms with van der Waals surface area (Å²) in [6, 6.07) is 18.9. The summed E-state index contributed by atoms with van der Waals surface area (Å²) in [4.78, 5) is 4.92. The molecule has 0 saturated carbocycles. The number of hydrogen-bond donors (Lipinski definition) is 0. The van der Waals surface area contributed by atoms with E-state index >= 15 is 0 Å². The third kappa shape index (κ3) is 4.33. The van der Waals surface area contributed by atoms with Gasteiger partial charge in [0.2, 0.25) is 0 Å². The first-order valence-corrected chi connectivity index (χ1v) is 11.0. The molecule has 0 aliphatic carbocycles. The van der Waals surface area contributed by atoms with E-state index in [1.54, 1.807) is 21.3 Å². The number of rotatable bonds is 6. The molecule has 3 aromatic carbocycles. The van der Waals surface area contributed by atoms with Crippen molar-refractivity contribution in [1.82, 2.24) is 0 Å². The predicted octanol–water partition coefficient (Wildman–Crippen LogP) is 5.32. The Balaban J connectivity index is 1.62. The van der Waals surface area contributed by atoms with E-state index in [-0.39, 0.29) is 0 Å². The van der Waals surface area contributed by atoms with Crippen LogP contribution in [0.2, 0.25) is 0 Å². The lowest BCUT2D eigenvalue weighted by Crippen LogP contribution is -2.46. The molecule has 3 aromatic rings. The molecule has 0 radical (unpaired) electrons. The smallest absolute Gasteiger partial charge is 0.119 e. The average molecular weight is 433 g/mol. The number of anilines is 2. The summed E-state index contributed by atoms with van der Waals surface area (Å²) in [5, 5.41) is 0. The lowest BCUT2D eigenvalue weighted by molar-refractivity contribution is 0.414. The lowest BCUT2D eigenvalue weighted by Gasteiger charge is -2.38. The minimum Gasteiger partial charge on any atom is -0.497 e. The number of hydrogen-bond acceptors (Lipinski definition) is 5. The molecule has 168 valence electrons. The third-order valence-electron chi connectivity index (χ3n) is 6.27. The second kappa shape index (κ2) is 9.43. The van der Waals surface area contributed by atoms with Crippen LogP contribution in [0, 0.1) is 13.8 Å². The fourth-order valence-electron chi connectivity index (χ4n) is 4.58. The van der Waals surface area contributed by atoms with Crippen LogP contribution in [-0.2, 0) is 0 Å². The van der Waals surface area contributed by atoms with Crippen molar-refractivity contribution in [1.29, 1.82) is 0 Å². The van der Waals surface area contributed by atoms with E-state index in [1.807, 2.05) is 12.1 Å². The van der Waals surface area contributed by atoms with Crippen LogP contribution < -0.4 is 24.0 Å². The first-order valence-electron chi connectivity index (χ1n) is 11.0. The van der Waals surface area contributed by atoms with Gasteiger partial charge in [-0.25, -0.2) is 0 Å². The third-order valence-corrected chi connectivity index (χ3v) is 6.27. The maximum atomic E-state index is 5.58. The zero-order valence-electron chi connectivity index (χ0n) is 19.6. The summed E-state index contributed by atoms with van der Waals surface area (Å²) in [6.45, 7) is 8.15. The molecule has 0 amide bonds. The molecule has 5 heteroatoms. The Morgan fingerprint density at radius 3 is 1.69 bits per heavy atom. The Bertz CT molecular complexity index is 1050. The number of ether oxygens (including phenoxy) is 3. The van der Waals surface area contributed by atoms with Crippen molar-refractivity contribution in [2.45, 2.75) is 13.8 Å². The molecule has 1 aliphatic heterocycles. The molecule has 1 saturated heterocycles. The van der Waals surface area contributed by atoms with E-state index < -0.39 is 0 Å². The summed E-state index contributed by atoms with van der Waals surface area (Å²) in [5.74, 6) is 2.65. The molecule has 1 aliphatic rings. The van der Waals surface area contributed by atoms with Gasteiger partial charge in [0.15, 0.2) is 0 Å². The molecule has 32 heavy (non-hydrogen) atoms. The Hall–Kier alpha value is -3.34. The highest BCUT2D eigenvalue weighted by Gasteiger charge is 2.22. The Kier molecular flexibility index (Phi) is 6.45. The summed E-state index contributed by atoms with van der Waals surface area (Å²) < 4.78 is 16.3. The van der Waals surface area contributed by atoms with Crippen molar-refractivity contribution < 1.29 is 14.2 Å². The van der Waals surface area contributed by atoms with E-state index in [4.69, 9.17) is 14.2 Å². The fourth-order valence-corrected chi connectivity index (χ4v) is 4.58. The zero-order chi connectivity index (χ0) is 22.7. The van der Waals surface area contributed by atoms with Gasteiger partial charge >= 0.3 is 0 Å². The van der Waals surface area contributed by atoms with Crippen LogP contribution in [0.1, 0.15) is 11.1 Å². The Morgan fingerprint density at radius 2 is 1.12 bits per heavy atom. The van der Waals surface area contributed by atoms with Crippen LogP contribution in [0.25, 0.3) is 11.1 Å². The summed E-state index contributed by atoms with van der Waals surface area (Å²) in [6.07, 6.45) is 0. The molecule has 0 aromatic heterocycles. The fraction of sp³-hybridized carbons (Fsp3) is 0.333. The maximum Gasteiger partial charge on any atom is 0.119 e. The first-order chi connectivity index (χ1) is 15.5. The SMILES string of the molecule is COc1ccc(N2CCN(c3ccc(OC)cc3-c3c(C)cc(OC)cc3C)CC2)cc1. The highest BCUT2D eigenvalue weighted by Crippen LogP contribution is 2.39. The normalized spacial score (nSPS) is 13.8. The molecule has 0 N–H and O–H groups in total. The van der Waals surface area contributed by atoms with Crippen LogP contribution in [0.3, 0.4) is 0 Å². The number of piperazine rings is 1. The van der Waals surface area contributed by atoms with Gasteiger partial charge in [-0.15, -0.1) is 0 Å². The summed E-state index contributed by atoms with van der Waals surface area (Å²) in [5.41, 5.74) is 7.34. The van der Waals surface area contributed by atoms with Crippen molar-refractivity contribution in [2.75, 3.05) is 57.3 Å². The summed E-state index contributed by atoms with van der Waals surface area (Å²) >= 11 is 0. The van der Waals surface area contributed by atoms with Gasteiger partial charge in [0.05, 0.1) is 21.3 Å². The number of benzene rings is 3. The Labute approximate surface area is 191 Å².